The second-order valence-electron chi connectivity index (χ2n) is 5.40. The van der Waals surface area contributed by atoms with Gasteiger partial charge in [-0.05, 0) is 44.6 Å². The van der Waals surface area contributed by atoms with Crippen LogP contribution in [0.15, 0.2) is 29.2 Å². The Labute approximate surface area is 120 Å². The molecule has 1 saturated heterocycles. The molecule has 6 heteroatoms. The number of aliphatic hydroxyl groups is 1. The zero-order valence-corrected chi connectivity index (χ0v) is 12.8. The molecule has 0 aromatic heterocycles. The average molecular weight is 298 g/mol. The normalized spacial score (nSPS) is 18.6. The van der Waals surface area contributed by atoms with Gasteiger partial charge in [-0.15, -0.1) is 0 Å². The van der Waals surface area contributed by atoms with E-state index in [0.717, 1.165) is 12.8 Å². The van der Waals surface area contributed by atoms with Crippen LogP contribution in [0.5, 0.6) is 0 Å². The summed E-state index contributed by atoms with van der Waals surface area (Å²) in [6.45, 7) is 0.954. The van der Waals surface area contributed by atoms with Crippen molar-refractivity contribution in [1.29, 1.82) is 0 Å². The van der Waals surface area contributed by atoms with Crippen molar-refractivity contribution >= 4 is 10.0 Å². The molecule has 0 bridgehead atoms. The van der Waals surface area contributed by atoms with E-state index < -0.39 is 10.0 Å². The fourth-order valence-corrected chi connectivity index (χ4v) is 4.09. The van der Waals surface area contributed by atoms with Gasteiger partial charge < -0.3 is 10.0 Å². The summed E-state index contributed by atoms with van der Waals surface area (Å²) in [6.07, 6.45) is 1.71. The third-order valence-corrected chi connectivity index (χ3v) is 5.77. The standard InChI is InChI=1S/C14H22N2O3S/c1-15(2)13-6-8-16(9-7-13)20(18,19)14-5-3-4-12(10-14)11-17/h3-5,10,13,17H,6-9,11H2,1-2H3. The largest absolute Gasteiger partial charge is 0.392 e. The van der Waals surface area contributed by atoms with Crippen molar-refractivity contribution in [2.75, 3.05) is 27.2 Å². The van der Waals surface area contributed by atoms with Crippen LogP contribution in [-0.4, -0.2) is 56.0 Å². The van der Waals surface area contributed by atoms with Crippen LogP contribution in [-0.2, 0) is 16.6 Å². The Morgan fingerprint density at radius 1 is 1.30 bits per heavy atom. The number of rotatable bonds is 4. The summed E-state index contributed by atoms with van der Waals surface area (Å²) in [5, 5.41) is 9.12. The summed E-state index contributed by atoms with van der Waals surface area (Å²) < 4.78 is 26.7. The first-order chi connectivity index (χ1) is 9.45. The maximum atomic E-state index is 12.6. The molecule has 1 aliphatic rings. The van der Waals surface area contributed by atoms with Gasteiger partial charge in [0, 0.05) is 19.1 Å². The van der Waals surface area contributed by atoms with Crippen molar-refractivity contribution in [2.24, 2.45) is 0 Å². The molecule has 112 valence electrons. The second kappa shape index (κ2) is 6.22. The molecule has 1 fully saturated rings. The van der Waals surface area contributed by atoms with Crippen molar-refractivity contribution in [1.82, 2.24) is 9.21 Å². The highest BCUT2D eigenvalue weighted by Crippen LogP contribution is 2.22. The third kappa shape index (κ3) is 3.20. The van der Waals surface area contributed by atoms with Crippen LogP contribution < -0.4 is 0 Å². The number of piperidine rings is 1. The molecular formula is C14H22N2O3S. The number of aliphatic hydroxyl groups excluding tert-OH is 1. The second-order valence-corrected chi connectivity index (χ2v) is 7.34. The molecule has 1 aromatic rings. The SMILES string of the molecule is CN(C)C1CCN(S(=O)(=O)c2cccc(CO)c2)CC1. The van der Waals surface area contributed by atoms with Gasteiger partial charge in [0.1, 0.15) is 0 Å². The van der Waals surface area contributed by atoms with Gasteiger partial charge in [-0.2, -0.15) is 4.31 Å². The Balaban J connectivity index is 2.15. The molecule has 0 saturated carbocycles. The molecule has 2 rings (SSSR count). The lowest BCUT2D eigenvalue weighted by Gasteiger charge is -2.34. The fourth-order valence-electron chi connectivity index (χ4n) is 2.55. The molecule has 0 unspecified atom stereocenters. The molecule has 1 heterocycles. The van der Waals surface area contributed by atoms with Gasteiger partial charge in [-0.1, -0.05) is 12.1 Å². The van der Waals surface area contributed by atoms with Crippen LogP contribution in [0.3, 0.4) is 0 Å². The van der Waals surface area contributed by atoms with E-state index in [1.54, 1.807) is 28.6 Å². The zero-order chi connectivity index (χ0) is 14.8. The molecule has 1 aliphatic heterocycles. The van der Waals surface area contributed by atoms with E-state index in [9.17, 15) is 8.42 Å². The molecule has 0 spiro atoms. The highest BCUT2D eigenvalue weighted by atomic mass is 32.2. The Bertz CT molecular complexity index is 549. The van der Waals surface area contributed by atoms with Gasteiger partial charge in [-0.25, -0.2) is 8.42 Å². The number of benzene rings is 1. The lowest BCUT2D eigenvalue weighted by atomic mass is 10.1. The summed E-state index contributed by atoms with van der Waals surface area (Å²) >= 11 is 0. The van der Waals surface area contributed by atoms with E-state index in [4.69, 9.17) is 5.11 Å². The Morgan fingerprint density at radius 2 is 1.95 bits per heavy atom. The quantitative estimate of drug-likeness (QED) is 0.897. The summed E-state index contributed by atoms with van der Waals surface area (Å²) in [7, 11) is 0.615. The lowest BCUT2D eigenvalue weighted by molar-refractivity contribution is 0.196. The number of sulfonamides is 1. The van der Waals surface area contributed by atoms with Crippen molar-refractivity contribution in [3.8, 4) is 0 Å². The number of hydrogen-bond donors (Lipinski definition) is 1. The van der Waals surface area contributed by atoms with Crippen LogP contribution >= 0.6 is 0 Å². The summed E-state index contributed by atoms with van der Waals surface area (Å²) in [6, 6.07) is 6.98. The first kappa shape index (κ1) is 15.4. The number of hydrogen-bond acceptors (Lipinski definition) is 4. The van der Waals surface area contributed by atoms with Crippen LogP contribution in [0.4, 0.5) is 0 Å². The highest BCUT2D eigenvalue weighted by Gasteiger charge is 2.29. The zero-order valence-electron chi connectivity index (χ0n) is 12.0. The maximum absolute atomic E-state index is 12.6. The van der Waals surface area contributed by atoms with Crippen LogP contribution in [0.2, 0.25) is 0 Å². The number of nitrogens with zero attached hydrogens (tertiary/aromatic N) is 2. The molecule has 0 aliphatic carbocycles. The molecule has 0 atom stereocenters. The first-order valence-corrected chi connectivity index (χ1v) is 8.25. The molecule has 1 N–H and O–H groups in total. The fraction of sp³-hybridized carbons (Fsp3) is 0.571. The predicted molar refractivity (Wildman–Crippen MR) is 77.8 cm³/mol. The van der Waals surface area contributed by atoms with Gasteiger partial charge in [0.05, 0.1) is 11.5 Å². The molecule has 0 amide bonds. The predicted octanol–water partition coefficient (Wildman–Crippen LogP) is 0.894. The van der Waals surface area contributed by atoms with Gasteiger partial charge in [0.2, 0.25) is 10.0 Å². The minimum atomic E-state index is -3.44. The van der Waals surface area contributed by atoms with E-state index in [-0.39, 0.29) is 11.5 Å². The van der Waals surface area contributed by atoms with Crippen molar-refractivity contribution in [3.63, 3.8) is 0 Å². The first-order valence-electron chi connectivity index (χ1n) is 6.81. The van der Waals surface area contributed by atoms with Gasteiger partial charge >= 0.3 is 0 Å². The summed E-state index contributed by atoms with van der Waals surface area (Å²) in [5.74, 6) is 0. The summed E-state index contributed by atoms with van der Waals surface area (Å²) in [4.78, 5) is 2.42. The minimum Gasteiger partial charge on any atom is -0.392 e. The summed E-state index contributed by atoms with van der Waals surface area (Å²) in [5.41, 5.74) is 0.620. The smallest absolute Gasteiger partial charge is 0.243 e. The van der Waals surface area contributed by atoms with Crippen molar-refractivity contribution in [3.05, 3.63) is 29.8 Å². The Hall–Kier alpha value is -0.950. The molecule has 5 nitrogen and oxygen atoms in total. The van der Waals surface area contributed by atoms with Crippen LogP contribution in [0, 0.1) is 0 Å². The van der Waals surface area contributed by atoms with Gasteiger partial charge in [0.25, 0.3) is 0 Å². The topological polar surface area (TPSA) is 60.9 Å². The van der Waals surface area contributed by atoms with Crippen molar-refractivity contribution < 1.29 is 13.5 Å². The highest BCUT2D eigenvalue weighted by molar-refractivity contribution is 7.89. The van der Waals surface area contributed by atoms with Gasteiger partial charge in [-0.3, -0.25) is 0 Å². The van der Waals surface area contributed by atoms with Crippen LogP contribution in [0.25, 0.3) is 0 Å². The molecule has 0 radical (unpaired) electrons. The van der Waals surface area contributed by atoms with Gasteiger partial charge in [0.15, 0.2) is 0 Å². The van der Waals surface area contributed by atoms with Crippen molar-refractivity contribution in [2.45, 2.75) is 30.4 Å². The molecule has 20 heavy (non-hydrogen) atoms. The maximum Gasteiger partial charge on any atom is 0.243 e. The third-order valence-electron chi connectivity index (χ3n) is 3.87. The Morgan fingerprint density at radius 3 is 2.50 bits per heavy atom. The average Bonchev–Trinajstić information content (AvgIpc) is 2.47. The van der Waals surface area contributed by atoms with Crippen LogP contribution in [0.1, 0.15) is 18.4 Å². The molecular weight excluding hydrogens is 276 g/mol. The molecule has 1 aromatic carbocycles. The van der Waals surface area contributed by atoms with E-state index in [2.05, 4.69) is 4.90 Å². The van der Waals surface area contributed by atoms with E-state index in [1.807, 2.05) is 14.1 Å². The van der Waals surface area contributed by atoms with E-state index in [0.29, 0.717) is 24.7 Å². The Kier molecular flexibility index (Phi) is 4.80. The lowest BCUT2D eigenvalue weighted by Crippen LogP contribution is -2.44. The minimum absolute atomic E-state index is 0.147. The van der Waals surface area contributed by atoms with E-state index >= 15 is 0 Å². The monoisotopic (exact) mass is 298 g/mol. The van der Waals surface area contributed by atoms with E-state index in [1.165, 1.54) is 0 Å².